The number of carbonyl (C=O) groups excluding carboxylic acids is 2. The average molecular weight is 296 g/mol. The molecule has 22 heavy (non-hydrogen) atoms. The molecule has 0 bridgehead atoms. The van der Waals surface area contributed by atoms with E-state index in [1.807, 2.05) is 6.07 Å². The van der Waals surface area contributed by atoms with E-state index < -0.39 is 0 Å². The van der Waals surface area contributed by atoms with Crippen molar-refractivity contribution in [3.63, 3.8) is 0 Å². The summed E-state index contributed by atoms with van der Waals surface area (Å²) in [5.41, 5.74) is 1.67. The summed E-state index contributed by atoms with van der Waals surface area (Å²) >= 11 is 0. The Morgan fingerprint density at radius 3 is 2.59 bits per heavy atom. The van der Waals surface area contributed by atoms with Crippen molar-refractivity contribution in [2.45, 2.75) is 25.8 Å². The maximum Gasteiger partial charge on any atom is 0.272 e. The zero-order chi connectivity index (χ0) is 15.5. The van der Waals surface area contributed by atoms with E-state index in [9.17, 15) is 9.59 Å². The molecular formula is C16H16N4O2. The number of nitrogens with zero attached hydrogens (tertiary/aromatic N) is 2. The largest absolute Gasteiger partial charge is 0.348 e. The number of amides is 1. The second kappa shape index (κ2) is 5.93. The fourth-order valence-electron chi connectivity index (χ4n) is 1.97. The van der Waals surface area contributed by atoms with E-state index in [0.717, 1.165) is 18.5 Å². The summed E-state index contributed by atoms with van der Waals surface area (Å²) < 4.78 is 0. The summed E-state index contributed by atoms with van der Waals surface area (Å²) in [6.45, 7) is 1.52. The Kier molecular flexibility index (Phi) is 3.82. The van der Waals surface area contributed by atoms with Crippen LogP contribution >= 0.6 is 0 Å². The van der Waals surface area contributed by atoms with Crippen LogP contribution in [-0.4, -0.2) is 27.9 Å². The van der Waals surface area contributed by atoms with Gasteiger partial charge in [-0.1, -0.05) is 12.1 Å². The van der Waals surface area contributed by atoms with E-state index in [-0.39, 0.29) is 11.7 Å². The van der Waals surface area contributed by atoms with E-state index in [1.54, 1.807) is 30.3 Å². The fourth-order valence-corrected chi connectivity index (χ4v) is 1.97. The SMILES string of the molecule is CC(=O)c1cccc(Nc2ccc(C(=O)NC3CC3)nn2)c1. The Morgan fingerprint density at radius 1 is 1.14 bits per heavy atom. The highest BCUT2D eigenvalue weighted by Crippen LogP contribution is 2.19. The van der Waals surface area contributed by atoms with E-state index in [2.05, 4.69) is 20.8 Å². The Bertz CT molecular complexity index is 708. The third-order valence-corrected chi connectivity index (χ3v) is 3.35. The lowest BCUT2D eigenvalue weighted by Crippen LogP contribution is -2.26. The molecule has 1 amide bonds. The number of nitrogens with one attached hydrogen (secondary N) is 2. The Morgan fingerprint density at radius 2 is 1.95 bits per heavy atom. The zero-order valence-corrected chi connectivity index (χ0v) is 12.2. The molecule has 1 heterocycles. The molecule has 1 saturated carbocycles. The quantitative estimate of drug-likeness (QED) is 0.827. The van der Waals surface area contributed by atoms with Gasteiger partial charge in [-0.15, -0.1) is 10.2 Å². The molecule has 6 nitrogen and oxygen atoms in total. The molecule has 0 atom stereocenters. The summed E-state index contributed by atoms with van der Waals surface area (Å²) in [6.07, 6.45) is 2.07. The predicted molar refractivity (Wildman–Crippen MR) is 82.2 cm³/mol. The van der Waals surface area contributed by atoms with Crippen LogP contribution in [0.25, 0.3) is 0 Å². The topological polar surface area (TPSA) is 84.0 Å². The molecule has 2 N–H and O–H groups in total. The van der Waals surface area contributed by atoms with Crippen LogP contribution in [0.2, 0.25) is 0 Å². The number of anilines is 2. The second-order valence-electron chi connectivity index (χ2n) is 5.31. The van der Waals surface area contributed by atoms with E-state index >= 15 is 0 Å². The van der Waals surface area contributed by atoms with Crippen LogP contribution < -0.4 is 10.6 Å². The van der Waals surface area contributed by atoms with Crippen molar-refractivity contribution in [2.24, 2.45) is 0 Å². The van der Waals surface area contributed by atoms with Gasteiger partial charge in [-0.05, 0) is 44.0 Å². The minimum Gasteiger partial charge on any atom is -0.348 e. The van der Waals surface area contributed by atoms with Crippen LogP contribution in [-0.2, 0) is 0 Å². The van der Waals surface area contributed by atoms with Gasteiger partial charge in [-0.2, -0.15) is 0 Å². The van der Waals surface area contributed by atoms with Crippen molar-refractivity contribution in [1.82, 2.24) is 15.5 Å². The highest BCUT2D eigenvalue weighted by Gasteiger charge is 2.24. The molecule has 1 aliphatic rings. The number of hydrogen-bond donors (Lipinski definition) is 2. The molecule has 0 aliphatic heterocycles. The van der Waals surface area contributed by atoms with Crippen LogP contribution in [0.1, 0.15) is 40.6 Å². The van der Waals surface area contributed by atoms with Crippen molar-refractivity contribution in [3.05, 3.63) is 47.7 Å². The van der Waals surface area contributed by atoms with E-state index in [4.69, 9.17) is 0 Å². The van der Waals surface area contributed by atoms with Crippen molar-refractivity contribution in [1.29, 1.82) is 0 Å². The molecule has 1 fully saturated rings. The molecule has 1 aliphatic carbocycles. The molecule has 0 spiro atoms. The van der Waals surface area contributed by atoms with Gasteiger partial charge in [-0.3, -0.25) is 9.59 Å². The molecule has 1 aromatic heterocycles. The summed E-state index contributed by atoms with van der Waals surface area (Å²) in [5, 5.41) is 13.8. The van der Waals surface area contributed by atoms with E-state index in [0.29, 0.717) is 23.1 Å². The summed E-state index contributed by atoms with van der Waals surface area (Å²) in [4.78, 5) is 23.2. The highest BCUT2D eigenvalue weighted by molar-refractivity contribution is 5.95. The molecule has 2 aromatic rings. The lowest BCUT2D eigenvalue weighted by molar-refractivity contribution is 0.0944. The van der Waals surface area contributed by atoms with Gasteiger partial charge in [0, 0.05) is 17.3 Å². The lowest BCUT2D eigenvalue weighted by Gasteiger charge is -2.07. The number of ketones is 1. The molecule has 6 heteroatoms. The van der Waals surface area contributed by atoms with Gasteiger partial charge < -0.3 is 10.6 Å². The number of carbonyl (C=O) groups is 2. The van der Waals surface area contributed by atoms with Crippen molar-refractivity contribution in [2.75, 3.05) is 5.32 Å². The highest BCUT2D eigenvalue weighted by atomic mass is 16.2. The third kappa shape index (κ3) is 3.46. The summed E-state index contributed by atoms with van der Waals surface area (Å²) in [5.74, 6) is 0.325. The van der Waals surface area contributed by atoms with Crippen LogP contribution in [0, 0.1) is 0 Å². The first kappa shape index (κ1) is 14.2. The van der Waals surface area contributed by atoms with Crippen LogP contribution in [0.3, 0.4) is 0 Å². The number of Topliss-reactive ketones (excluding diaryl/α,β-unsaturated/α-hetero) is 1. The number of hydrogen-bond acceptors (Lipinski definition) is 5. The Hall–Kier alpha value is -2.76. The van der Waals surface area contributed by atoms with Crippen LogP contribution in [0.4, 0.5) is 11.5 Å². The van der Waals surface area contributed by atoms with Gasteiger partial charge in [0.2, 0.25) is 0 Å². The number of aromatic nitrogens is 2. The average Bonchev–Trinajstić information content (AvgIpc) is 3.32. The van der Waals surface area contributed by atoms with Gasteiger partial charge in [0.05, 0.1) is 0 Å². The van der Waals surface area contributed by atoms with Crippen molar-refractivity contribution in [3.8, 4) is 0 Å². The summed E-state index contributed by atoms with van der Waals surface area (Å²) in [6, 6.07) is 10.7. The lowest BCUT2D eigenvalue weighted by atomic mass is 10.1. The second-order valence-corrected chi connectivity index (χ2v) is 5.31. The fraction of sp³-hybridized carbons (Fsp3) is 0.250. The Labute approximate surface area is 128 Å². The van der Waals surface area contributed by atoms with E-state index in [1.165, 1.54) is 6.92 Å². The smallest absolute Gasteiger partial charge is 0.272 e. The zero-order valence-electron chi connectivity index (χ0n) is 12.2. The number of benzene rings is 1. The van der Waals surface area contributed by atoms with Crippen LogP contribution in [0.15, 0.2) is 36.4 Å². The first-order valence-electron chi connectivity index (χ1n) is 7.14. The third-order valence-electron chi connectivity index (χ3n) is 3.35. The predicted octanol–water partition coefficient (Wildman–Crippen LogP) is 2.32. The van der Waals surface area contributed by atoms with Crippen molar-refractivity contribution < 1.29 is 9.59 Å². The minimum atomic E-state index is -0.194. The van der Waals surface area contributed by atoms with Gasteiger partial charge in [0.1, 0.15) is 0 Å². The van der Waals surface area contributed by atoms with Gasteiger partial charge in [-0.25, -0.2) is 0 Å². The standard InChI is InChI=1S/C16H16N4O2/c1-10(21)11-3-2-4-13(9-11)17-15-8-7-14(19-20-15)16(22)18-12-5-6-12/h2-4,7-9,12H,5-6H2,1H3,(H,17,20)(H,18,22). The molecule has 1 aromatic carbocycles. The molecule has 0 saturated heterocycles. The normalized spacial score (nSPS) is 13.5. The van der Waals surface area contributed by atoms with Gasteiger partial charge in [0.15, 0.2) is 17.3 Å². The summed E-state index contributed by atoms with van der Waals surface area (Å²) in [7, 11) is 0. The minimum absolute atomic E-state index is 0.00169. The molecule has 0 unspecified atom stereocenters. The molecular weight excluding hydrogens is 280 g/mol. The van der Waals surface area contributed by atoms with Crippen LogP contribution in [0.5, 0.6) is 0 Å². The maximum absolute atomic E-state index is 11.8. The first-order chi connectivity index (χ1) is 10.6. The molecule has 3 rings (SSSR count). The van der Waals surface area contributed by atoms with Gasteiger partial charge in [0.25, 0.3) is 5.91 Å². The first-order valence-corrected chi connectivity index (χ1v) is 7.14. The van der Waals surface area contributed by atoms with Gasteiger partial charge >= 0.3 is 0 Å². The molecule has 0 radical (unpaired) electrons. The maximum atomic E-state index is 11.8. The van der Waals surface area contributed by atoms with Crippen molar-refractivity contribution >= 4 is 23.2 Å². The number of rotatable bonds is 5. The Balaban J connectivity index is 1.69. The monoisotopic (exact) mass is 296 g/mol. The molecule has 112 valence electrons.